The number of rotatable bonds is 34. The van der Waals surface area contributed by atoms with Crippen molar-refractivity contribution in [1.82, 2.24) is 16.0 Å². The van der Waals surface area contributed by atoms with Gasteiger partial charge in [-0.2, -0.15) is 0 Å². The molecule has 3 N–H and O–H groups in total. The summed E-state index contributed by atoms with van der Waals surface area (Å²) in [7, 11) is 0. The van der Waals surface area contributed by atoms with E-state index < -0.39 is 24.4 Å². The Morgan fingerprint density at radius 3 is 1.20 bits per heavy atom. The second-order valence-electron chi connectivity index (χ2n) is 17.6. The van der Waals surface area contributed by atoms with Crippen LogP contribution in [0.25, 0.3) is 0 Å². The number of aliphatic imine (C=N–C) groups is 2. The first-order valence-electron chi connectivity index (χ1n) is 23.1. The molecule has 0 saturated carbocycles. The number of hydrogen-bond acceptors (Lipinski definition) is 10. The van der Waals surface area contributed by atoms with Gasteiger partial charge in [0.25, 0.3) is 0 Å². The van der Waals surface area contributed by atoms with Crippen LogP contribution in [0.15, 0.2) is 9.98 Å². The van der Waals surface area contributed by atoms with E-state index >= 15 is 0 Å². The highest BCUT2D eigenvalue weighted by atomic mass is 16.6. The van der Waals surface area contributed by atoms with Gasteiger partial charge in [0.2, 0.25) is 12.2 Å². The molecule has 0 spiro atoms. The Morgan fingerprint density at radius 2 is 0.847 bits per heavy atom. The minimum Gasteiger partial charge on any atom is -0.445 e. The molecule has 0 heterocycles. The molecule has 0 saturated heterocycles. The Kier molecular flexibility index (Phi) is 32.3. The second kappa shape index (κ2) is 34.3. The molecule has 0 fully saturated rings. The van der Waals surface area contributed by atoms with Crippen molar-refractivity contribution in [1.29, 1.82) is 0 Å². The molecule has 0 aromatic rings. The quantitative estimate of drug-likeness (QED) is 0.0326. The van der Waals surface area contributed by atoms with Crippen LogP contribution in [0.1, 0.15) is 185 Å². The lowest BCUT2D eigenvalue weighted by atomic mass is 9.86. The summed E-state index contributed by atoms with van der Waals surface area (Å²) in [5.74, 6) is 2.56. The standard InChI is InChI=1S/C46H85N5O8/c1-12-33(6)17-20-36(9)51-46(56)59-43(29-57-44(54)49-37(10)21-23-39(13-2)27-34(7)18-25-41(15-4)47-31-52)30-58-45(55)50-38(11)22-24-40(14-3)28-35(8)19-26-42(16-5)48-32-53/h33-43H,12-30H2,1-11H3,(H,49,54)(H,50,55)(H,51,56). The monoisotopic (exact) mass is 836 g/mol. The van der Waals surface area contributed by atoms with Gasteiger partial charge in [-0.05, 0) is 140 Å². The Morgan fingerprint density at radius 1 is 0.475 bits per heavy atom. The summed E-state index contributed by atoms with van der Waals surface area (Å²) >= 11 is 0. The van der Waals surface area contributed by atoms with Crippen molar-refractivity contribution in [3.63, 3.8) is 0 Å². The zero-order chi connectivity index (χ0) is 44.6. The average molecular weight is 836 g/mol. The molecule has 0 bridgehead atoms. The summed E-state index contributed by atoms with van der Waals surface area (Å²) in [6, 6.07) is -0.313. The highest BCUT2D eigenvalue weighted by Crippen LogP contribution is 2.27. The van der Waals surface area contributed by atoms with Crippen LogP contribution < -0.4 is 16.0 Å². The summed E-state index contributed by atoms with van der Waals surface area (Å²) in [5, 5.41) is 8.64. The fourth-order valence-electron chi connectivity index (χ4n) is 7.43. The van der Waals surface area contributed by atoms with Crippen molar-refractivity contribution < 1.29 is 38.2 Å². The lowest BCUT2D eigenvalue weighted by Gasteiger charge is -2.24. The summed E-state index contributed by atoms with van der Waals surface area (Å²) < 4.78 is 16.6. The van der Waals surface area contributed by atoms with Crippen LogP contribution in [0, 0.1) is 29.6 Å². The zero-order valence-corrected chi connectivity index (χ0v) is 38.9. The maximum absolute atomic E-state index is 12.9. The van der Waals surface area contributed by atoms with Crippen LogP contribution in [0.5, 0.6) is 0 Å². The van der Waals surface area contributed by atoms with Crippen molar-refractivity contribution in [2.45, 2.75) is 222 Å². The molecule has 342 valence electrons. The van der Waals surface area contributed by atoms with E-state index in [0.717, 1.165) is 109 Å². The molecule has 0 radical (unpaired) electrons. The Labute approximate surface area is 358 Å². The summed E-state index contributed by atoms with van der Waals surface area (Å²) in [4.78, 5) is 67.8. The minimum atomic E-state index is -1.01. The molecule has 0 aromatic carbocycles. The maximum atomic E-state index is 12.9. The Bertz CT molecular complexity index is 1150. The van der Waals surface area contributed by atoms with Gasteiger partial charge in [0.05, 0.1) is 12.1 Å². The van der Waals surface area contributed by atoms with E-state index in [4.69, 9.17) is 14.2 Å². The topological polar surface area (TPSA) is 174 Å². The lowest BCUT2D eigenvalue weighted by molar-refractivity contribution is 0.00545. The number of carbonyl (C=O) groups is 3. The van der Waals surface area contributed by atoms with Crippen molar-refractivity contribution in [2.24, 2.45) is 39.6 Å². The average Bonchev–Trinajstić information content (AvgIpc) is 3.20. The van der Waals surface area contributed by atoms with Crippen molar-refractivity contribution >= 4 is 30.4 Å². The van der Waals surface area contributed by atoms with Gasteiger partial charge < -0.3 is 30.2 Å². The number of ether oxygens (including phenoxy) is 3. The molecule has 0 aliphatic carbocycles. The predicted molar refractivity (Wildman–Crippen MR) is 236 cm³/mol. The molecule has 0 aliphatic rings. The summed E-state index contributed by atoms with van der Waals surface area (Å²) in [5.41, 5.74) is 0. The number of amides is 3. The zero-order valence-electron chi connectivity index (χ0n) is 38.9. The van der Waals surface area contributed by atoms with Gasteiger partial charge in [-0.1, -0.05) is 74.7 Å². The fraction of sp³-hybridized carbons (Fsp3) is 0.891. The SMILES string of the molecule is CCC(C)CCC(C)NC(=O)OC(COC(=O)NC(C)CCC(CC)CC(C)CCC(CC)N=C=O)COC(=O)NC(C)CCC(CC)CC(C)CCC(CC)N=C=O. The van der Waals surface area contributed by atoms with Crippen molar-refractivity contribution in [2.75, 3.05) is 13.2 Å². The molecular formula is C46H85N5O8. The van der Waals surface area contributed by atoms with Crippen molar-refractivity contribution in [3.8, 4) is 0 Å². The summed E-state index contributed by atoms with van der Waals surface area (Å²) in [6.45, 7) is 22.5. The highest BCUT2D eigenvalue weighted by molar-refractivity contribution is 5.69. The summed E-state index contributed by atoms with van der Waals surface area (Å²) in [6.07, 6.45) is 16.4. The smallest absolute Gasteiger partial charge is 0.407 e. The maximum Gasteiger partial charge on any atom is 0.407 e. The number of nitrogens with zero attached hydrogens (tertiary/aromatic N) is 2. The van der Waals surface area contributed by atoms with E-state index in [1.807, 2.05) is 34.6 Å². The molecule has 0 aliphatic heterocycles. The number of isocyanates is 2. The lowest BCUT2D eigenvalue weighted by Crippen LogP contribution is -2.41. The largest absolute Gasteiger partial charge is 0.445 e. The fourth-order valence-corrected chi connectivity index (χ4v) is 7.43. The Balaban J connectivity index is 5.15. The van der Waals surface area contributed by atoms with Crippen LogP contribution in [0.2, 0.25) is 0 Å². The van der Waals surface area contributed by atoms with Crippen molar-refractivity contribution in [3.05, 3.63) is 0 Å². The first-order valence-corrected chi connectivity index (χ1v) is 23.1. The molecule has 10 atom stereocenters. The number of alkyl carbamates (subject to hydrolysis) is 3. The number of nitrogens with one attached hydrogen (secondary N) is 3. The van der Waals surface area contributed by atoms with Gasteiger partial charge in [-0.3, -0.25) is 0 Å². The van der Waals surface area contributed by atoms with Crippen LogP contribution in [0.3, 0.4) is 0 Å². The first-order chi connectivity index (χ1) is 28.1. The van der Waals surface area contributed by atoms with E-state index in [0.29, 0.717) is 29.6 Å². The third-order valence-electron chi connectivity index (χ3n) is 12.0. The minimum absolute atomic E-state index is 0.0389. The predicted octanol–water partition coefficient (Wildman–Crippen LogP) is 11.0. The third-order valence-corrected chi connectivity index (χ3v) is 12.0. The van der Waals surface area contributed by atoms with Crippen LogP contribution >= 0.6 is 0 Å². The van der Waals surface area contributed by atoms with Crippen LogP contribution in [-0.4, -0.2) is 80.0 Å². The third kappa shape index (κ3) is 29.4. The van der Waals surface area contributed by atoms with E-state index in [9.17, 15) is 24.0 Å². The van der Waals surface area contributed by atoms with Gasteiger partial charge >= 0.3 is 18.3 Å². The highest BCUT2D eigenvalue weighted by Gasteiger charge is 2.23. The molecule has 10 unspecified atom stereocenters. The van der Waals surface area contributed by atoms with Gasteiger partial charge in [0.1, 0.15) is 13.2 Å². The normalized spacial score (nSPS) is 16.8. The van der Waals surface area contributed by atoms with Gasteiger partial charge in [0.15, 0.2) is 6.10 Å². The molecule has 0 aromatic heterocycles. The number of carbonyl (C=O) groups excluding carboxylic acids is 5. The van der Waals surface area contributed by atoms with Gasteiger partial charge in [-0.15, -0.1) is 0 Å². The van der Waals surface area contributed by atoms with E-state index in [1.165, 1.54) is 0 Å². The van der Waals surface area contributed by atoms with Crippen LogP contribution in [-0.2, 0) is 23.8 Å². The van der Waals surface area contributed by atoms with E-state index in [2.05, 4.69) is 67.5 Å². The molecular weight excluding hydrogens is 751 g/mol. The molecule has 13 nitrogen and oxygen atoms in total. The molecule has 59 heavy (non-hydrogen) atoms. The molecule has 3 amide bonds. The number of hydrogen-bond donors (Lipinski definition) is 3. The Hall–Kier alpha value is -3.43. The molecule has 13 heteroatoms. The second-order valence-corrected chi connectivity index (χ2v) is 17.6. The molecule has 0 rings (SSSR count). The van der Waals surface area contributed by atoms with Gasteiger partial charge in [-0.25, -0.2) is 34.0 Å². The van der Waals surface area contributed by atoms with Crippen LogP contribution in [0.4, 0.5) is 14.4 Å². The van der Waals surface area contributed by atoms with E-state index in [1.54, 1.807) is 12.2 Å². The van der Waals surface area contributed by atoms with E-state index in [-0.39, 0.29) is 43.4 Å². The first kappa shape index (κ1) is 55.6. The van der Waals surface area contributed by atoms with Gasteiger partial charge in [0, 0.05) is 18.1 Å².